The van der Waals surface area contributed by atoms with Crippen molar-refractivity contribution < 1.29 is 18.0 Å². The maximum absolute atomic E-state index is 13.1. The number of aryl methyl sites for hydroxylation is 1. The molecule has 5 rings (SSSR count). The van der Waals surface area contributed by atoms with E-state index in [2.05, 4.69) is 11.8 Å². The molecule has 39 heavy (non-hydrogen) atoms. The van der Waals surface area contributed by atoms with Gasteiger partial charge in [0.05, 0.1) is 5.56 Å². The van der Waals surface area contributed by atoms with Gasteiger partial charge in [0.1, 0.15) is 5.82 Å². The summed E-state index contributed by atoms with van der Waals surface area (Å²) in [7, 11) is 0. The normalized spacial score (nSPS) is 16.2. The summed E-state index contributed by atoms with van der Waals surface area (Å²) in [5.74, 6) is 1.64. The fourth-order valence-corrected chi connectivity index (χ4v) is 5.76. The van der Waals surface area contributed by atoms with Gasteiger partial charge in [-0.15, -0.1) is 0 Å². The SMILES string of the molecule is CCc1cc(N2CCN(c3cccc(C(F)(F)F)c3)CC2)nc(SCc2ccc(C(=O)N3CCCC3)cc2)n1. The maximum Gasteiger partial charge on any atom is 0.416 e. The summed E-state index contributed by atoms with van der Waals surface area (Å²) in [4.78, 5) is 28.2. The number of benzene rings is 2. The van der Waals surface area contributed by atoms with Crippen LogP contribution in [0.3, 0.4) is 0 Å². The van der Waals surface area contributed by atoms with E-state index >= 15 is 0 Å². The Labute approximate surface area is 231 Å². The summed E-state index contributed by atoms with van der Waals surface area (Å²) >= 11 is 1.56. The van der Waals surface area contributed by atoms with Crippen LogP contribution in [-0.4, -0.2) is 60.0 Å². The van der Waals surface area contributed by atoms with Crippen LogP contribution in [0.4, 0.5) is 24.7 Å². The van der Waals surface area contributed by atoms with Crippen molar-refractivity contribution in [3.8, 4) is 0 Å². The summed E-state index contributed by atoms with van der Waals surface area (Å²) in [5.41, 5.74) is 2.74. The monoisotopic (exact) mass is 555 g/mol. The van der Waals surface area contributed by atoms with Gasteiger partial charge in [0.15, 0.2) is 5.16 Å². The van der Waals surface area contributed by atoms with Crippen LogP contribution in [0, 0.1) is 0 Å². The van der Waals surface area contributed by atoms with Crippen LogP contribution in [0.1, 0.15) is 46.9 Å². The Morgan fingerprint density at radius 2 is 1.59 bits per heavy atom. The first-order valence-corrected chi connectivity index (χ1v) is 14.3. The van der Waals surface area contributed by atoms with Gasteiger partial charge < -0.3 is 14.7 Å². The number of piperazine rings is 1. The topological polar surface area (TPSA) is 52.6 Å². The molecule has 0 atom stereocenters. The van der Waals surface area contributed by atoms with Gasteiger partial charge in [-0.1, -0.05) is 36.9 Å². The van der Waals surface area contributed by atoms with Crippen LogP contribution in [0.25, 0.3) is 0 Å². The molecule has 2 saturated heterocycles. The van der Waals surface area contributed by atoms with E-state index in [9.17, 15) is 18.0 Å². The van der Waals surface area contributed by atoms with Crippen molar-refractivity contribution in [3.05, 3.63) is 77.0 Å². The molecule has 6 nitrogen and oxygen atoms in total. The van der Waals surface area contributed by atoms with E-state index in [1.807, 2.05) is 40.1 Å². The molecule has 0 unspecified atom stereocenters. The largest absolute Gasteiger partial charge is 0.416 e. The molecule has 0 saturated carbocycles. The molecule has 0 spiro atoms. The average molecular weight is 556 g/mol. The number of amides is 1. The van der Waals surface area contributed by atoms with Crippen LogP contribution in [0.15, 0.2) is 59.8 Å². The molecule has 2 fully saturated rings. The van der Waals surface area contributed by atoms with Crippen molar-refractivity contribution in [3.63, 3.8) is 0 Å². The molecular weight excluding hydrogens is 523 g/mol. The van der Waals surface area contributed by atoms with Gasteiger partial charge in [-0.05, 0) is 55.2 Å². The third-order valence-electron chi connectivity index (χ3n) is 7.21. The van der Waals surface area contributed by atoms with Crippen molar-refractivity contribution in [2.45, 2.75) is 43.3 Å². The Morgan fingerprint density at radius 1 is 0.897 bits per heavy atom. The number of likely N-dealkylation sites (tertiary alicyclic amines) is 1. The molecule has 0 radical (unpaired) electrons. The minimum Gasteiger partial charge on any atom is -0.368 e. The van der Waals surface area contributed by atoms with Crippen LogP contribution in [-0.2, 0) is 18.3 Å². The first-order chi connectivity index (χ1) is 18.8. The third kappa shape index (κ3) is 6.66. The fourth-order valence-electron chi connectivity index (χ4n) is 4.93. The lowest BCUT2D eigenvalue weighted by Crippen LogP contribution is -2.47. The molecule has 0 aliphatic carbocycles. The summed E-state index contributed by atoms with van der Waals surface area (Å²) in [6.07, 6.45) is -1.42. The summed E-state index contributed by atoms with van der Waals surface area (Å²) in [5, 5.41) is 0.696. The lowest BCUT2D eigenvalue weighted by atomic mass is 10.1. The molecule has 1 aromatic heterocycles. The van der Waals surface area contributed by atoms with E-state index in [-0.39, 0.29) is 5.91 Å². The van der Waals surface area contributed by atoms with E-state index in [4.69, 9.17) is 9.97 Å². The maximum atomic E-state index is 13.1. The zero-order chi connectivity index (χ0) is 27.4. The Hall–Kier alpha value is -3.27. The first-order valence-electron chi connectivity index (χ1n) is 13.4. The Morgan fingerprint density at radius 3 is 2.26 bits per heavy atom. The number of thioether (sulfide) groups is 1. The number of halogens is 3. The lowest BCUT2D eigenvalue weighted by Gasteiger charge is -2.37. The van der Waals surface area contributed by atoms with Crippen LogP contribution in [0.2, 0.25) is 0 Å². The highest BCUT2D eigenvalue weighted by Crippen LogP contribution is 2.32. The molecule has 3 aromatic rings. The number of anilines is 2. The van der Waals surface area contributed by atoms with E-state index in [0.29, 0.717) is 42.8 Å². The molecule has 10 heteroatoms. The number of alkyl halides is 3. The second kappa shape index (κ2) is 11.9. The highest BCUT2D eigenvalue weighted by atomic mass is 32.2. The van der Waals surface area contributed by atoms with Gasteiger partial charge in [-0.3, -0.25) is 4.79 Å². The van der Waals surface area contributed by atoms with Gasteiger partial charge in [-0.25, -0.2) is 9.97 Å². The van der Waals surface area contributed by atoms with E-state index in [0.717, 1.165) is 61.1 Å². The molecule has 1 amide bonds. The number of hydrogen-bond donors (Lipinski definition) is 0. The van der Waals surface area contributed by atoms with Crippen molar-refractivity contribution in [1.82, 2.24) is 14.9 Å². The third-order valence-corrected chi connectivity index (χ3v) is 8.13. The molecule has 2 aliphatic rings. The zero-order valence-corrected chi connectivity index (χ0v) is 22.8. The van der Waals surface area contributed by atoms with Gasteiger partial charge in [-0.2, -0.15) is 13.2 Å². The van der Waals surface area contributed by atoms with Crippen molar-refractivity contribution >= 4 is 29.2 Å². The summed E-state index contributed by atoms with van der Waals surface area (Å²) in [6, 6.07) is 15.3. The highest BCUT2D eigenvalue weighted by Gasteiger charge is 2.31. The molecule has 0 N–H and O–H groups in total. The van der Waals surface area contributed by atoms with Crippen molar-refractivity contribution in [1.29, 1.82) is 0 Å². The Bertz CT molecular complexity index is 1290. The summed E-state index contributed by atoms with van der Waals surface area (Å²) < 4.78 is 39.4. The smallest absolute Gasteiger partial charge is 0.368 e. The predicted molar refractivity (Wildman–Crippen MR) is 148 cm³/mol. The zero-order valence-electron chi connectivity index (χ0n) is 22.0. The van der Waals surface area contributed by atoms with E-state index in [1.165, 1.54) is 12.1 Å². The van der Waals surface area contributed by atoms with Crippen LogP contribution >= 0.6 is 11.8 Å². The van der Waals surface area contributed by atoms with Crippen LogP contribution < -0.4 is 9.80 Å². The summed E-state index contributed by atoms with van der Waals surface area (Å²) in [6.45, 7) is 6.27. The number of nitrogens with zero attached hydrogens (tertiary/aromatic N) is 5. The number of carbonyl (C=O) groups excluding carboxylic acids is 1. The number of carbonyl (C=O) groups is 1. The fraction of sp³-hybridized carbons (Fsp3) is 0.414. The minimum absolute atomic E-state index is 0.100. The number of aromatic nitrogens is 2. The Kier molecular flexibility index (Phi) is 8.30. The second-order valence-corrected chi connectivity index (χ2v) is 10.8. The van der Waals surface area contributed by atoms with Crippen LogP contribution in [0.5, 0.6) is 0 Å². The lowest BCUT2D eigenvalue weighted by molar-refractivity contribution is -0.137. The van der Waals surface area contributed by atoms with E-state index < -0.39 is 11.7 Å². The molecular formula is C29H32F3N5OS. The number of rotatable bonds is 7. The molecule has 206 valence electrons. The molecule has 3 heterocycles. The van der Waals surface area contributed by atoms with E-state index in [1.54, 1.807) is 17.8 Å². The van der Waals surface area contributed by atoms with Crippen molar-refractivity contribution in [2.24, 2.45) is 0 Å². The van der Waals surface area contributed by atoms with Gasteiger partial charge in [0.2, 0.25) is 0 Å². The predicted octanol–water partition coefficient (Wildman–Crippen LogP) is 5.91. The van der Waals surface area contributed by atoms with Crippen molar-refractivity contribution in [2.75, 3.05) is 49.1 Å². The molecule has 2 aliphatic heterocycles. The van der Waals surface area contributed by atoms with Gasteiger partial charge >= 0.3 is 6.18 Å². The number of hydrogen-bond acceptors (Lipinski definition) is 6. The highest BCUT2D eigenvalue weighted by molar-refractivity contribution is 7.98. The van der Waals surface area contributed by atoms with Gasteiger partial charge in [0, 0.05) is 68.0 Å². The first kappa shape index (κ1) is 27.3. The second-order valence-electron chi connectivity index (χ2n) is 9.86. The molecule has 2 aromatic carbocycles. The minimum atomic E-state index is -4.35. The quantitative estimate of drug-likeness (QED) is 0.267. The Balaban J connectivity index is 1.21. The molecule has 0 bridgehead atoms. The standard InChI is InChI=1S/C29H32F3N5OS/c1-2-24-19-26(36-16-14-35(15-17-36)25-7-5-6-23(18-25)29(30,31)32)34-28(33-24)39-20-21-8-10-22(11-9-21)27(38)37-12-3-4-13-37/h5-11,18-19H,2-4,12-17,20H2,1H3. The average Bonchev–Trinajstić information content (AvgIpc) is 3.51. The van der Waals surface area contributed by atoms with Gasteiger partial charge in [0.25, 0.3) is 5.91 Å².